The Bertz CT molecular complexity index is 330. The molecule has 1 heteroatoms. The predicted octanol–water partition coefficient (Wildman–Crippen LogP) is 2.79. The van der Waals surface area contributed by atoms with E-state index < -0.39 is 0 Å². The molecule has 1 aromatic carbocycles. The minimum absolute atomic E-state index is 0.645. The molecule has 1 saturated heterocycles. The minimum Gasteiger partial charge on any atom is -0.299 e. The molecular weight excluding hydrogens is 170 g/mol. The molecule has 0 amide bonds. The molecule has 74 valence electrons. The van der Waals surface area contributed by atoms with Crippen LogP contribution < -0.4 is 0 Å². The van der Waals surface area contributed by atoms with Crippen LogP contribution in [0.4, 0.5) is 0 Å². The van der Waals surface area contributed by atoms with Crippen LogP contribution >= 0.6 is 0 Å². The molecule has 0 N–H and O–H groups in total. The molecule has 0 spiro atoms. The van der Waals surface area contributed by atoms with Crippen molar-refractivity contribution < 1.29 is 0 Å². The van der Waals surface area contributed by atoms with Crippen LogP contribution in [0.5, 0.6) is 0 Å². The summed E-state index contributed by atoms with van der Waals surface area (Å²) < 4.78 is 0. The molecule has 2 rings (SSSR count). The van der Waals surface area contributed by atoms with Gasteiger partial charge in [0.15, 0.2) is 0 Å². The fraction of sp³-hybridized carbons (Fsp3) is 0.385. The van der Waals surface area contributed by atoms with Crippen molar-refractivity contribution in [3.63, 3.8) is 0 Å². The lowest BCUT2D eigenvalue weighted by Crippen LogP contribution is -2.37. The number of benzene rings is 1. The quantitative estimate of drug-likeness (QED) is 0.658. The molecule has 0 radical (unpaired) electrons. The zero-order chi connectivity index (χ0) is 9.97. The minimum atomic E-state index is 0.645. The third-order valence-corrected chi connectivity index (χ3v) is 3.07. The van der Waals surface area contributed by atoms with E-state index in [0.717, 1.165) is 6.42 Å². The largest absolute Gasteiger partial charge is 0.299 e. The molecule has 1 aliphatic heterocycles. The number of hydrogen-bond donors (Lipinski definition) is 0. The summed E-state index contributed by atoms with van der Waals surface area (Å²) in [7, 11) is 2.19. The van der Waals surface area contributed by atoms with Gasteiger partial charge in [-0.2, -0.15) is 0 Å². The standard InChI is InChI=1S/C13H17N/c1-3-6-11-7-4-5-8-12(11)13-9-10-14(13)2/h3-5,7-8,13H,1,6,9-10H2,2H3. The van der Waals surface area contributed by atoms with Crippen LogP contribution in [0.15, 0.2) is 36.9 Å². The van der Waals surface area contributed by atoms with Crippen LogP contribution in [0, 0.1) is 0 Å². The van der Waals surface area contributed by atoms with Crippen molar-refractivity contribution in [3.05, 3.63) is 48.0 Å². The van der Waals surface area contributed by atoms with Crippen molar-refractivity contribution in [2.75, 3.05) is 13.6 Å². The van der Waals surface area contributed by atoms with Crippen LogP contribution in [0.2, 0.25) is 0 Å². The second-order valence-electron chi connectivity index (χ2n) is 3.98. The van der Waals surface area contributed by atoms with Gasteiger partial charge in [0.05, 0.1) is 0 Å². The summed E-state index contributed by atoms with van der Waals surface area (Å²) in [4.78, 5) is 2.40. The Morgan fingerprint density at radius 3 is 2.86 bits per heavy atom. The van der Waals surface area contributed by atoms with Crippen LogP contribution in [0.1, 0.15) is 23.6 Å². The molecule has 1 nitrogen and oxygen atoms in total. The normalized spacial score (nSPS) is 21.6. The topological polar surface area (TPSA) is 3.24 Å². The SMILES string of the molecule is C=CCc1ccccc1C1CCN1C. The highest BCUT2D eigenvalue weighted by molar-refractivity contribution is 5.32. The fourth-order valence-corrected chi connectivity index (χ4v) is 2.11. The van der Waals surface area contributed by atoms with Crippen LogP contribution in [-0.4, -0.2) is 18.5 Å². The second-order valence-corrected chi connectivity index (χ2v) is 3.98. The zero-order valence-electron chi connectivity index (χ0n) is 8.74. The van der Waals surface area contributed by atoms with Crippen LogP contribution in [-0.2, 0) is 6.42 Å². The summed E-state index contributed by atoms with van der Waals surface area (Å²) in [5.74, 6) is 0. The van der Waals surface area contributed by atoms with E-state index in [9.17, 15) is 0 Å². The van der Waals surface area contributed by atoms with E-state index in [1.54, 1.807) is 0 Å². The zero-order valence-corrected chi connectivity index (χ0v) is 8.74. The third kappa shape index (κ3) is 1.60. The van der Waals surface area contributed by atoms with Gasteiger partial charge in [-0.25, -0.2) is 0 Å². The molecule has 1 unspecified atom stereocenters. The first-order valence-electron chi connectivity index (χ1n) is 5.22. The molecule has 1 aromatic rings. The van der Waals surface area contributed by atoms with Gasteiger partial charge < -0.3 is 0 Å². The van der Waals surface area contributed by atoms with E-state index in [1.807, 2.05) is 6.08 Å². The van der Waals surface area contributed by atoms with Crippen LogP contribution in [0.3, 0.4) is 0 Å². The van der Waals surface area contributed by atoms with Gasteiger partial charge in [0.25, 0.3) is 0 Å². The van der Waals surface area contributed by atoms with E-state index in [2.05, 4.69) is 42.8 Å². The smallest absolute Gasteiger partial charge is 0.0360 e. The summed E-state index contributed by atoms with van der Waals surface area (Å²) >= 11 is 0. The van der Waals surface area contributed by atoms with Gasteiger partial charge in [-0.05, 0) is 31.0 Å². The molecule has 14 heavy (non-hydrogen) atoms. The monoisotopic (exact) mass is 187 g/mol. The Morgan fingerprint density at radius 1 is 1.50 bits per heavy atom. The molecule has 1 atom stereocenters. The molecule has 1 fully saturated rings. The highest BCUT2D eigenvalue weighted by Gasteiger charge is 2.26. The Labute approximate surface area is 86.1 Å². The van der Waals surface area contributed by atoms with E-state index in [0.29, 0.717) is 6.04 Å². The lowest BCUT2D eigenvalue weighted by molar-refractivity contribution is 0.127. The molecular formula is C13H17N. The summed E-state index contributed by atoms with van der Waals surface area (Å²) in [5, 5.41) is 0. The van der Waals surface area contributed by atoms with Crippen LogP contribution in [0.25, 0.3) is 0 Å². The van der Waals surface area contributed by atoms with E-state index in [4.69, 9.17) is 0 Å². The predicted molar refractivity (Wildman–Crippen MR) is 60.3 cm³/mol. The highest BCUT2D eigenvalue weighted by atomic mass is 15.2. The van der Waals surface area contributed by atoms with Gasteiger partial charge in [-0.1, -0.05) is 30.3 Å². The average molecular weight is 187 g/mol. The van der Waals surface area contributed by atoms with Crippen molar-refractivity contribution in [3.8, 4) is 0 Å². The number of rotatable bonds is 3. The Morgan fingerprint density at radius 2 is 2.29 bits per heavy atom. The van der Waals surface area contributed by atoms with Crippen molar-refractivity contribution in [2.45, 2.75) is 18.9 Å². The second kappa shape index (κ2) is 3.97. The lowest BCUT2D eigenvalue weighted by atomic mass is 9.90. The third-order valence-electron chi connectivity index (χ3n) is 3.07. The Kier molecular flexibility index (Phi) is 2.69. The summed E-state index contributed by atoms with van der Waals surface area (Å²) in [6, 6.07) is 9.35. The lowest BCUT2D eigenvalue weighted by Gasteiger charge is -2.39. The van der Waals surface area contributed by atoms with Gasteiger partial charge >= 0.3 is 0 Å². The molecule has 0 bridgehead atoms. The maximum atomic E-state index is 3.81. The first-order valence-corrected chi connectivity index (χ1v) is 5.22. The molecule has 0 aromatic heterocycles. The maximum Gasteiger partial charge on any atom is 0.0360 e. The molecule has 1 heterocycles. The van der Waals surface area contributed by atoms with Crippen molar-refractivity contribution >= 4 is 0 Å². The summed E-state index contributed by atoms with van der Waals surface area (Å²) in [5.41, 5.74) is 2.92. The van der Waals surface area contributed by atoms with Gasteiger partial charge in [-0.15, -0.1) is 6.58 Å². The van der Waals surface area contributed by atoms with Gasteiger partial charge in [0, 0.05) is 12.6 Å². The van der Waals surface area contributed by atoms with Gasteiger partial charge in [0.1, 0.15) is 0 Å². The van der Waals surface area contributed by atoms with Crippen molar-refractivity contribution in [2.24, 2.45) is 0 Å². The number of allylic oxidation sites excluding steroid dienone is 1. The fourth-order valence-electron chi connectivity index (χ4n) is 2.11. The first-order chi connectivity index (χ1) is 6.83. The first kappa shape index (κ1) is 9.47. The number of likely N-dealkylation sites (tertiary alicyclic amines) is 1. The average Bonchev–Trinajstić information content (AvgIpc) is 2.19. The molecule has 1 aliphatic rings. The molecule has 0 aliphatic carbocycles. The Balaban J connectivity index is 2.26. The van der Waals surface area contributed by atoms with Crippen molar-refractivity contribution in [1.29, 1.82) is 0 Å². The summed E-state index contributed by atoms with van der Waals surface area (Å²) in [6.45, 7) is 5.03. The van der Waals surface area contributed by atoms with Gasteiger partial charge in [-0.3, -0.25) is 4.90 Å². The number of nitrogens with zero attached hydrogens (tertiary/aromatic N) is 1. The van der Waals surface area contributed by atoms with E-state index in [-0.39, 0.29) is 0 Å². The van der Waals surface area contributed by atoms with Gasteiger partial charge in [0.2, 0.25) is 0 Å². The number of hydrogen-bond acceptors (Lipinski definition) is 1. The van der Waals surface area contributed by atoms with E-state index in [1.165, 1.54) is 24.1 Å². The maximum absolute atomic E-state index is 3.81. The van der Waals surface area contributed by atoms with Crippen molar-refractivity contribution in [1.82, 2.24) is 4.90 Å². The molecule has 0 saturated carbocycles. The van der Waals surface area contributed by atoms with E-state index >= 15 is 0 Å². The Hall–Kier alpha value is -1.08. The summed E-state index contributed by atoms with van der Waals surface area (Å²) in [6.07, 6.45) is 4.27. The highest BCUT2D eigenvalue weighted by Crippen LogP contribution is 2.33.